The van der Waals surface area contributed by atoms with Gasteiger partial charge < -0.3 is 4.90 Å². The molecule has 6 heteroatoms. The van der Waals surface area contributed by atoms with Crippen molar-refractivity contribution >= 4 is 39.1 Å². The Kier molecular flexibility index (Phi) is 4.92. The number of rotatable bonds is 5. The first-order valence-electron chi connectivity index (χ1n) is 8.04. The van der Waals surface area contributed by atoms with E-state index in [1.807, 2.05) is 60.7 Å². The number of aromatic nitrogens is 2. The average Bonchev–Trinajstić information content (AvgIpc) is 3.13. The summed E-state index contributed by atoms with van der Waals surface area (Å²) in [5.74, 6) is 0.0960. The molecular formula is C18H20ClN3OS. The van der Waals surface area contributed by atoms with E-state index in [0.29, 0.717) is 6.54 Å². The van der Waals surface area contributed by atoms with E-state index in [0.717, 1.165) is 44.5 Å². The number of nitrogens with zero attached hydrogens (tertiary/aromatic N) is 3. The number of fused-ring (bicyclic) bond motifs is 1. The molecule has 0 aliphatic rings. The number of thiophene rings is 1. The molecule has 3 rings (SSSR count). The summed E-state index contributed by atoms with van der Waals surface area (Å²) in [5, 5.41) is 6.41. The Balaban J connectivity index is 1.95. The van der Waals surface area contributed by atoms with E-state index in [2.05, 4.69) is 5.10 Å². The fraction of sp³-hybridized carbons (Fsp3) is 0.333. The molecule has 2 aromatic heterocycles. The van der Waals surface area contributed by atoms with Crippen LogP contribution in [-0.4, -0.2) is 33.7 Å². The average molecular weight is 362 g/mol. The van der Waals surface area contributed by atoms with Crippen LogP contribution in [0.15, 0.2) is 30.3 Å². The molecule has 0 aliphatic carbocycles. The molecule has 0 aliphatic heterocycles. The lowest BCUT2D eigenvalue weighted by Gasteiger charge is -2.17. The minimum Gasteiger partial charge on any atom is -0.339 e. The van der Waals surface area contributed by atoms with Gasteiger partial charge in [0.15, 0.2) is 0 Å². The van der Waals surface area contributed by atoms with Gasteiger partial charge in [0.05, 0.1) is 17.1 Å². The normalized spacial score (nSPS) is 11.2. The van der Waals surface area contributed by atoms with Gasteiger partial charge in [-0.05, 0) is 44.5 Å². The Morgan fingerprint density at radius 3 is 2.54 bits per heavy atom. The highest BCUT2D eigenvalue weighted by Gasteiger charge is 2.19. The summed E-state index contributed by atoms with van der Waals surface area (Å²) < 4.78 is 1.97. The van der Waals surface area contributed by atoms with E-state index in [9.17, 15) is 4.79 Å². The smallest absolute Gasteiger partial charge is 0.264 e. The SMILES string of the molecule is CCN(CC)C(=O)c1cc2c(C)nn(Cc3ccc(Cl)cc3)c2s1. The van der Waals surface area contributed by atoms with Gasteiger partial charge in [0.25, 0.3) is 5.91 Å². The molecule has 3 aromatic rings. The van der Waals surface area contributed by atoms with E-state index in [4.69, 9.17) is 11.6 Å². The molecule has 0 radical (unpaired) electrons. The van der Waals surface area contributed by atoms with Gasteiger partial charge in [-0.2, -0.15) is 5.10 Å². The molecule has 4 nitrogen and oxygen atoms in total. The number of amides is 1. The number of hydrogen-bond acceptors (Lipinski definition) is 3. The standard InChI is InChI=1S/C18H20ClN3OS/c1-4-21(5-2)17(23)16-10-15-12(3)20-22(18(15)24-16)11-13-6-8-14(19)9-7-13/h6-10H,4-5,11H2,1-3H3. The zero-order chi connectivity index (χ0) is 17.3. The van der Waals surface area contributed by atoms with Crippen molar-refractivity contribution in [1.82, 2.24) is 14.7 Å². The molecule has 0 saturated carbocycles. The molecule has 24 heavy (non-hydrogen) atoms. The summed E-state index contributed by atoms with van der Waals surface area (Å²) in [6.45, 7) is 8.10. The summed E-state index contributed by atoms with van der Waals surface area (Å²) in [7, 11) is 0. The van der Waals surface area contributed by atoms with Gasteiger partial charge in [0.2, 0.25) is 0 Å². The Labute approximate surface area is 150 Å². The van der Waals surface area contributed by atoms with Gasteiger partial charge in [0, 0.05) is 23.5 Å². The van der Waals surface area contributed by atoms with E-state index >= 15 is 0 Å². The molecule has 0 spiro atoms. The minimum absolute atomic E-state index is 0.0960. The zero-order valence-corrected chi connectivity index (χ0v) is 15.6. The van der Waals surface area contributed by atoms with Crippen molar-refractivity contribution in [1.29, 1.82) is 0 Å². The summed E-state index contributed by atoms with van der Waals surface area (Å²) >= 11 is 7.46. The van der Waals surface area contributed by atoms with Gasteiger partial charge in [-0.15, -0.1) is 11.3 Å². The lowest BCUT2D eigenvalue weighted by atomic mass is 10.2. The largest absolute Gasteiger partial charge is 0.339 e. The van der Waals surface area contributed by atoms with Gasteiger partial charge in [-0.25, -0.2) is 0 Å². The van der Waals surface area contributed by atoms with E-state index in [1.54, 1.807) is 0 Å². The van der Waals surface area contributed by atoms with Gasteiger partial charge in [0.1, 0.15) is 4.83 Å². The quantitative estimate of drug-likeness (QED) is 0.666. The van der Waals surface area contributed by atoms with Crippen LogP contribution in [0.4, 0.5) is 0 Å². The summed E-state index contributed by atoms with van der Waals surface area (Å²) in [6.07, 6.45) is 0. The monoisotopic (exact) mass is 361 g/mol. The Morgan fingerprint density at radius 1 is 1.25 bits per heavy atom. The van der Waals surface area contributed by atoms with Crippen molar-refractivity contribution in [2.24, 2.45) is 0 Å². The second-order valence-electron chi connectivity index (χ2n) is 5.68. The Hall–Kier alpha value is -1.85. The molecule has 1 amide bonds. The van der Waals surface area contributed by atoms with Crippen molar-refractivity contribution in [2.45, 2.75) is 27.3 Å². The van der Waals surface area contributed by atoms with Crippen molar-refractivity contribution in [3.8, 4) is 0 Å². The van der Waals surface area contributed by atoms with Crippen molar-refractivity contribution in [3.05, 3.63) is 51.5 Å². The van der Waals surface area contributed by atoms with Crippen LogP contribution in [0.2, 0.25) is 5.02 Å². The zero-order valence-electron chi connectivity index (χ0n) is 14.0. The van der Waals surface area contributed by atoms with Crippen molar-refractivity contribution in [2.75, 3.05) is 13.1 Å². The van der Waals surface area contributed by atoms with Crippen LogP contribution in [0.1, 0.15) is 34.8 Å². The molecule has 0 atom stereocenters. The minimum atomic E-state index is 0.0960. The van der Waals surface area contributed by atoms with Crippen molar-refractivity contribution in [3.63, 3.8) is 0 Å². The topological polar surface area (TPSA) is 38.1 Å². The lowest BCUT2D eigenvalue weighted by Crippen LogP contribution is -2.29. The third kappa shape index (κ3) is 3.19. The maximum atomic E-state index is 12.6. The van der Waals surface area contributed by atoms with Gasteiger partial charge in [-0.3, -0.25) is 9.48 Å². The summed E-state index contributed by atoms with van der Waals surface area (Å²) in [5.41, 5.74) is 2.09. The fourth-order valence-corrected chi connectivity index (χ4v) is 4.01. The highest BCUT2D eigenvalue weighted by Crippen LogP contribution is 2.29. The number of aryl methyl sites for hydroxylation is 1. The molecule has 126 valence electrons. The number of halogens is 1. The molecule has 1 aromatic carbocycles. The van der Waals surface area contributed by atoms with E-state index in [-0.39, 0.29) is 5.91 Å². The number of hydrogen-bond donors (Lipinski definition) is 0. The van der Waals surface area contributed by atoms with Crippen LogP contribution in [0.3, 0.4) is 0 Å². The number of carbonyl (C=O) groups excluding carboxylic acids is 1. The molecule has 0 bridgehead atoms. The number of benzene rings is 1. The number of carbonyl (C=O) groups is 1. The van der Waals surface area contributed by atoms with E-state index in [1.165, 1.54) is 11.3 Å². The van der Waals surface area contributed by atoms with E-state index < -0.39 is 0 Å². The predicted octanol–water partition coefficient (Wildman–Crippen LogP) is 4.59. The van der Waals surface area contributed by atoms with Crippen LogP contribution in [-0.2, 0) is 6.54 Å². The highest BCUT2D eigenvalue weighted by atomic mass is 35.5. The lowest BCUT2D eigenvalue weighted by molar-refractivity contribution is 0.0778. The summed E-state index contributed by atoms with van der Waals surface area (Å²) in [6, 6.07) is 9.74. The second-order valence-corrected chi connectivity index (χ2v) is 7.14. The van der Waals surface area contributed by atoms with Crippen LogP contribution in [0.25, 0.3) is 10.2 Å². The molecule has 0 fully saturated rings. The third-order valence-electron chi connectivity index (χ3n) is 4.11. The molecule has 0 N–H and O–H groups in total. The van der Waals surface area contributed by atoms with Gasteiger partial charge in [-0.1, -0.05) is 23.7 Å². The maximum absolute atomic E-state index is 12.6. The van der Waals surface area contributed by atoms with Crippen molar-refractivity contribution < 1.29 is 4.79 Å². The fourth-order valence-electron chi connectivity index (χ4n) is 2.75. The Morgan fingerprint density at radius 2 is 1.92 bits per heavy atom. The van der Waals surface area contributed by atoms with Crippen LogP contribution < -0.4 is 0 Å². The molecule has 2 heterocycles. The van der Waals surface area contributed by atoms with Crippen LogP contribution in [0, 0.1) is 6.92 Å². The van der Waals surface area contributed by atoms with Crippen LogP contribution >= 0.6 is 22.9 Å². The summed E-state index contributed by atoms with van der Waals surface area (Å²) in [4.78, 5) is 16.2. The molecule has 0 saturated heterocycles. The Bertz CT molecular complexity index is 862. The predicted molar refractivity (Wildman–Crippen MR) is 100 cm³/mol. The second kappa shape index (κ2) is 6.95. The highest BCUT2D eigenvalue weighted by molar-refractivity contribution is 7.20. The molecule has 0 unspecified atom stereocenters. The molecular weight excluding hydrogens is 342 g/mol. The maximum Gasteiger partial charge on any atom is 0.264 e. The van der Waals surface area contributed by atoms with Crippen LogP contribution in [0.5, 0.6) is 0 Å². The first kappa shape index (κ1) is 17.0. The van der Waals surface area contributed by atoms with Gasteiger partial charge >= 0.3 is 0 Å². The third-order valence-corrected chi connectivity index (χ3v) is 5.50. The first-order chi connectivity index (χ1) is 11.5. The first-order valence-corrected chi connectivity index (χ1v) is 9.23.